The number of esters is 1. The van der Waals surface area contributed by atoms with E-state index in [2.05, 4.69) is 17.1 Å². The van der Waals surface area contributed by atoms with Crippen molar-refractivity contribution in [2.45, 2.75) is 38.0 Å². The number of hydrogen-bond acceptors (Lipinski definition) is 4. The minimum absolute atomic E-state index is 0.0333. The molecule has 1 heterocycles. The van der Waals surface area contributed by atoms with Crippen molar-refractivity contribution in [1.29, 1.82) is 0 Å². The molecular weight excluding hydrogens is 333 g/mol. The lowest BCUT2D eigenvalue weighted by molar-refractivity contribution is -0.142. The second-order valence-electron chi connectivity index (χ2n) is 6.83. The number of aromatic nitrogens is 1. The Morgan fingerprint density at radius 1 is 1.23 bits per heavy atom. The minimum atomic E-state index is -0.557. The van der Waals surface area contributed by atoms with Gasteiger partial charge in [0.1, 0.15) is 5.82 Å². The average Bonchev–Trinajstić information content (AvgIpc) is 2.68. The van der Waals surface area contributed by atoms with Gasteiger partial charge in [-0.25, -0.2) is 4.39 Å². The first-order valence-electron chi connectivity index (χ1n) is 8.88. The molecule has 0 bridgehead atoms. The summed E-state index contributed by atoms with van der Waals surface area (Å²) in [6.07, 6.45) is 6.41. The molecule has 1 aromatic heterocycles. The molecule has 26 heavy (non-hydrogen) atoms. The maximum atomic E-state index is 13.8. The molecular formula is C21H22FNO3. The fourth-order valence-corrected chi connectivity index (χ4v) is 3.63. The molecule has 136 valence electrons. The summed E-state index contributed by atoms with van der Waals surface area (Å²) >= 11 is 0. The van der Waals surface area contributed by atoms with E-state index in [0.29, 0.717) is 30.2 Å². The Balaban J connectivity index is 1.64. The van der Waals surface area contributed by atoms with Gasteiger partial charge >= 0.3 is 5.97 Å². The van der Waals surface area contributed by atoms with Gasteiger partial charge in [0.05, 0.1) is 18.4 Å². The molecule has 0 unspecified atom stereocenters. The zero-order chi connectivity index (χ0) is 18.5. The summed E-state index contributed by atoms with van der Waals surface area (Å²) < 4.78 is 18.5. The zero-order valence-electron chi connectivity index (χ0n) is 14.8. The van der Waals surface area contributed by atoms with E-state index in [1.165, 1.54) is 24.9 Å². The van der Waals surface area contributed by atoms with Crippen LogP contribution in [-0.4, -0.2) is 24.3 Å². The minimum Gasteiger partial charge on any atom is -0.469 e. The van der Waals surface area contributed by atoms with Crippen molar-refractivity contribution in [2.24, 2.45) is 5.92 Å². The van der Waals surface area contributed by atoms with Crippen molar-refractivity contribution < 1.29 is 18.7 Å². The number of methoxy groups -OCH3 is 1. The number of pyridine rings is 1. The molecule has 1 aromatic carbocycles. The van der Waals surface area contributed by atoms with Gasteiger partial charge in [0.15, 0.2) is 6.29 Å². The molecule has 5 heteroatoms. The van der Waals surface area contributed by atoms with Crippen LogP contribution < -0.4 is 0 Å². The van der Waals surface area contributed by atoms with Crippen molar-refractivity contribution in [3.63, 3.8) is 0 Å². The highest BCUT2D eigenvalue weighted by Gasteiger charge is 2.24. The Morgan fingerprint density at radius 2 is 1.92 bits per heavy atom. The summed E-state index contributed by atoms with van der Waals surface area (Å²) in [5, 5.41) is 0. The predicted molar refractivity (Wildman–Crippen MR) is 96.4 cm³/mol. The summed E-state index contributed by atoms with van der Waals surface area (Å²) in [6.45, 7) is 0. The number of carbonyl (C=O) groups excluding carboxylic acids is 2. The van der Waals surface area contributed by atoms with Crippen LogP contribution in [0.4, 0.5) is 4.39 Å². The van der Waals surface area contributed by atoms with Gasteiger partial charge in [-0.2, -0.15) is 0 Å². The predicted octanol–water partition coefficient (Wildman–Crippen LogP) is 4.54. The van der Waals surface area contributed by atoms with E-state index in [4.69, 9.17) is 4.74 Å². The zero-order valence-corrected chi connectivity index (χ0v) is 14.8. The first kappa shape index (κ1) is 18.2. The monoisotopic (exact) mass is 355 g/mol. The second kappa shape index (κ2) is 8.21. The van der Waals surface area contributed by atoms with E-state index >= 15 is 0 Å². The third-order valence-electron chi connectivity index (χ3n) is 5.22. The van der Waals surface area contributed by atoms with Crippen LogP contribution in [0.25, 0.3) is 11.3 Å². The summed E-state index contributed by atoms with van der Waals surface area (Å²) in [4.78, 5) is 26.2. The maximum Gasteiger partial charge on any atom is 0.305 e. The van der Waals surface area contributed by atoms with Gasteiger partial charge in [0.2, 0.25) is 0 Å². The smallest absolute Gasteiger partial charge is 0.305 e. The lowest BCUT2D eigenvalue weighted by Gasteiger charge is -2.28. The summed E-state index contributed by atoms with van der Waals surface area (Å²) in [7, 11) is 1.43. The van der Waals surface area contributed by atoms with Gasteiger partial charge < -0.3 is 4.74 Å². The first-order valence-corrected chi connectivity index (χ1v) is 8.88. The molecule has 3 rings (SSSR count). The van der Waals surface area contributed by atoms with Crippen LogP contribution in [0.3, 0.4) is 0 Å². The molecule has 4 nitrogen and oxygen atoms in total. The number of ether oxygens (including phenoxy) is 1. The maximum absolute atomic E-state index is 13.8. The summed E-state index contributed by atoms with van der Waals surface area (Å²) in [5.41, 5.74) is 2.57. The van der Waals surface area contributed by atoms with E-state index in [1.54, 1.807) is 0 Å². The lowest BCUT2D eigenvalue weighted by Crippen LogP contribution is -2.17. The highest BCUT2D eigenvalue weighted by Crippen LogP contribution is 2.37. The summed E-state index contributed by atoms with van der Waals surface area (Å²) in [5.74, 6) is 0.220. The van der Waals surface area contributed by atoms with Crippen LogP contribution in [0.15, 0.2) is 36.5 Å². The third-order valence-corrected chi connectivity index (χ3v) is 5.22. The van der Waals surface area contributed by atoms with Crippen molar-refractivity contribution in [1.82, 2.24) is 4.98 Å². The fourth-order valence-electron chi connectivity index (χ4n) is 3.63. The molecule has 2 aromatic rings. The topological polar surface area (TPSA) is 56.3 Å². The molecule has 0 atom stereocenters. The molecule has 1 fully saturated rings. The van der Waals surface area contributed by atoms with Gasteiger partial charge in [0.25, 0.3) is 0 Å². The molecule has 0 N–H and O–H groups in total. The molecule has 0 saturated heterocycles. The molecule has 0 radical (unpaired) electrons. The van der Waals surface area contributed by atoms with Crippen molar-refractivity contribution in [2.75, 3.05) is 7.11 Å². The van der Waals surface area contributed by atoms with Crippen molar-refractivity contribution in [3.05, 3.63) is 53.5 Å². The number of aldehydes is 1. The Morgan fingerprint density at radius 3 is 2.50 bits per heavy atom. The van der Waals surface area contributed by atoms with Gasteiger partial charge in [-0.15, -0.1) is 0 Å². The highest BCUT2D eigenvalue weighted by atomic mass is 19.1. The number of hydrogen-bond donors (Lipinski definition) is 0. The van der Waals surface area contributed by atoms with Crippen LogP contribution >= 0.6 is 0 Å². The van der Waals surface area contributed by atoms with Crippen LogP contribution in [0.2, 0.25) is 0 Å². The average molecular weight is 355 g/mol. The van der Waals surface area contributed by atoms with Gasteiger partial charge in [0, 0.05) is 24.2 Å². The highest BCUT2D eigenvalue weighted by molar-refractivity contribution is 5.75. The third kappa shape index (κ3) is 4.15. The second-order valence-corrected chi connectivity index (χ2v) is 6.83. The van der Waals surface area contributed by atoms with Gasteiger partial charge in [-0.05, 0) is 43.1 Å². The van der Waals surface area contributed by atoms with E-state index in [0.717, 1.165) is 31.2 Å². The number of benzene rings is 1. The van der Waals surface area contributed by atoms with Crippen molar-refractivity contribution in [3.8, 4) is 11.3 Å². The lowest BCUT2D eigenvalue weighted by atomic mass is 9.77. The van der Waals surface area contributed by atoms with Crippen LogP contribution in [0.1, 0.15) is 53.9 Å². The van der Waals surface area contributed by atoms with E-state index < -0.39 is 5.82 Å². The summed E-state index contributed by atoms with van der Waals surface area (Å²) in [6, 6.07) is 9.30. The normalized spacial score (nSPS) is 19.8. The number of carbonyl (C=O) groups is 2. The van der Waals surface area contributed by atoms with Crippen LogP contribution in [-0.2, 0) is 9.53 Å². The molecule has 0 spiro atoms. The molecule has 1 aliphatic rings. The molecule has 0 aliphatic heterocycles. The SMILES string of the molecule is COC(=O)CC1CCC(c2ccc(-c3cc(F)c(C=O)cn3)cc2)CC1. The Labute approximate surface area is 152 Å². The molecule has 1 saturated carbocycles. The quantitative estimate of drug-likeness (QED) is 0.584. The van der Waals surface area contributed by atoms with E-state index in [9.17, 15) is 14.0 Å². The number of nitrogens with zero attached hydrogens (tertiary/aromatic N) is 1. The van der Waals surface area contributed by atoms with Gasteiger partial charge in [-0.1, -0.05) is 24.3 Å². The number of halogens is 1. The van der Waals surface area contributed by atoms with Crippen molar-refractivity contribution >= 4 is 12.3 Å². The van der Waals surface area contributed by atoms with E-state index in [1.807, 2.05) is 12.1 Å². The molecule has 1 aliphatic carbocycles. The van der Waals surface area contributed by atoms with Crippen LogP contribution in [0, 0.1) is 11.7 Å². The van der Waals surface area contributed by atoms with Crippen LogP contribution in [0.5, 0.6) is 0 Å². The standard InChI is InChI=1S/C21H22FNO3/c1-26-21(25)10-14-2-4-15(5-3-14)16-6-8-17(9-7-16)20-11-19(22)18(13-24)12-23-20/h6-9,11-15H,2-5,10H2,1H3. The number of rotatable bonds is 5. The Bertz CT molecular complexity index is 780. The van der Waals surface area contributed by atoms with E-state index in [-0.39, 0.29) is 11.5 Å². The Hall–Kier alpha value is -2.56. The first-order chi connectivity index (χ1) is 12.6. The largest absolute Gasteiger partial charge is 0.469 e. The Kier molecular flexibility index (Phi) is 5.76. The fraction of sp³-hybridized carbons (Fsp3) is 0.381. The molecule has 0 amide bonds. The van der Waals surface area contributed by atoms with Gasteiger partial charge in [-0.3, -0.25) is 14.6 Å².